The van der Waals surface area contributed by atoms with Crippen LogP contribution in [0.3, 0.4) is 0 Å². The number of benzene rings is 2. The van der Waals surface area contributed by atoms with Crippen molar-refractivity contribution in [1.29, 1.82) is 0 Å². The van der Waals surface area contributed by atoms with Gasteiger partial charge in [-0.05, 0) is 29.8 Å². The standard InChI is InChI=1S/C13H9Cl2N3/c14-8-9-5-6-12(10(15)7-9)18-13-4-2-1-3-11(13)16-17-18/h1-7H,8H2. The van der Waals surface area contributed by atoms with Crippen LogP contribution in [0.4, 0.5) is 0 Å². The molecular formula is C13H9Cl2N3. The normalized spacial score (nSPS) is 11.0. The Labute approximate surface area is 114 Å². The smallest absolute Gasteiger partial charge is 0.113 e. The molecule has 3 rings (SSSR count). The Morgan fingerprint density at radius 3 is 2.72 bits per heavy atom. The number of rotatable bonds is 2. The van der Waals surface area contributed by atoms with E-state index in [0.717, 1.165) is 22.3 Å². The molecule has 0 aliphatic carbocycles. The van der Waals surface area contributed by atoms with Crippen molar-refractivity contribution < 1.29 is 0 Å². The van der Waals surface area contributed by atoms with Gasteiger partial charge in [0.1, 0.15) is 5.52 Å². The molecule has 0 atom stereocenters. The van der Waals surface area contributed by atoms with E-state index in [1.807, 2.05) is 42.5 Å². The van der Waals surface area contributed by atoms with Crippen LogP contribution in [-0.4, -0.2) is 15.0 Å². The van der Waals surface area contributed by atoms with Crippen LogP contribution in [0.2, 0.25) is 5.02 Å². The van der Waals surface area contributed by atoms with Crippen molar-refractivity contribution in [2.75, 3.05) is 0 Å². The summed E-state index contributed by atoms with van der Waals surface area (Å²) in [6.07, 6.45) is 0. The Balaban J connectivity index is 2.20. The topological polar surface area (TPSA) is 30.7 Å². The number of halogens is 2. The van der Waals surface area contributed by atoms with Crippen LogP contribution in [0.1, 0.15) is 5.56 Å². The second-order valence-electron chi connectivity index (χ2n) is 3.91. The van der Waals surface area contributed by atoms with Crippen molar-refractivity contribution in [1.82, 2.24) is 15.0 Å². The molecule has 3 nitrogen and oxygen atoms in total. The molecule has 0 saturated heterocycles. The average Bonchev–Trinajstić information content (AvgIpc) is 2.82. The van der Waals surface area contributed by atoms with Crippen molar-refractivity contribution in [2.45, 2.75) is 5.88 Å². The van der Waals surface area contributed by atoms with E-state index < -0.39 is 0 Å². The lowest BCUT2D eigenvalue weighted by Gasteiger charge is -2.06. The molecule has 0 spiro atoms. The molecule has 0 amide bonds. The molecule has 0 radical (unpaired) electrons. The molecule has 90 valence electrons. The van der Waals surface area contributed by atoms with Crippen molar-refractivity contribution in [3.05, 3.63) is 53.1 Å². The van der Waals surface area contributed by atoms with Gasteiger partial charge in [-0.2, -0.15) is 0 Å². The number of hydrogen-bond donors (Lipinski definition) is 0. The van der Waals surface area contributed by atoms with Gasteiger partial charge in [-0.1, -0.05) is 35.0 Å². The zero-order chi connectivity index (χ0) is 12.5. The maximum Gasteiger partial charge on any atom is 0.113 e. The summed E-state index contributed by atoms with van der Waals surface area (Å²) < 4.78 is 1.73. The van der Waals surface area contributed by atoms with Gasteiger partial charge in [0.25, 0.3) is 0 Å². The van der Waals surface area contributed by atoms with Crippen LogP contribution in [0, 0.1) is 0 Å². The highest BCUT2D eigenvalue weighted by atomic mass is 35.5. The monoisotopic (exact) mass is 277 g/mol. The van der Waals surface area contributed by atoms with E-state index in [9.17, 15) is 0 Å². The molecule has 18 heavy (non-hydrogen) atoms. The first-order valence-electron chi connectivity index (χ1n) is 5.45. The first kappa shape index (κ1) is 11.5. The number of nitrogens with zero attached hydrogens (tertiary/aromatic N) is 3. The summed E-state index contributed by atoms with van der Waals surface area (Å²) in [5.74, 6) is 0.443. The van der Waals surface area contributed by atoms with Crippen molar-refractivity contribution in [2.24, 2.45) is 0 Å². The van der Waals surface area contributed by atoms with E-state index in [1.54, 1.807) is 4.68 Å². The Kier molecular flexibility index (Phi) is 2.94. The summed E-state index contributed by atoms with van der Waals surface area (Å²) in [4.78, 5) is 0. The van der Waals surface area contributed by atoms with E-state index in [-0.39, 0.29) is 0 Å². The van der Waals surface area contributed by atoms with E-state index in [0.29, 0.717) is 10.9 Å². The number of hydrogen-bond acceptors (Lipinski definition) is 2. The van der Waals surface area contributed by atoms with Crippen molar-refractivity contribution >= 4 is 34.2 Å². The fraction of sp³-hybridized carbons (Fsp3) is 0.0769. The fourth-order valence-corrected chi connectivity index (χ4v) is 2.30. The molecule has 0 unspecified atom stereocenters. The third-order valence-corrected chi connectivity index (χ3v) is 3.36. The molecule has 1 aromatic heterocycles. The molecule has 0 bridgehead atoms. The van der Waals surface area contributed by atoms with Gasteiger partial charge in [0.05, 0.1) is 16.2 Å². The maximum absolute atomic E-state index is 6.25. The minimum Gasteiger partial charge on any atom is -0.211 e. The van der Waals surface area contributed by atoms with Crippen LogP contribution in [0.15, 0.2) is 42.5 Å². The van der Waals surface area contributed by atoms with Gasteiger partial charge in [0, 0.05) is 5.88 Å². The number of fused-ring (bicyclic) bond motifs is 1. The number of para-hydroxylation sites is 1. The summed E-state index contributed by atoms with van der Waals surface area (Å²) in [5.41, 5.74) is 3.56. The van der Waals surface area contributed by atoms with Crippen LogP contribution in [-0.2, 0) is 5.88 Å². The predicted octanol–water partition coefficient (Wildman–Crippen LogP) is 3.81. The molecule has 1 heterocycles. The summed E-state index contributed by atoms with van der Waals surface area (Å²) in [7, 11) is 0. The van der Waals surface area contributed by atoms with Crippen LogP contribution >= 0.6 is 23.2 Å². The zero-order valence-electron chi connectivity index (χ0n) is 9.35. The lowest BCUT2D eigenvalue weighted by Crippen LogP contribution is -1.98. The van der Waals surface area contributed by atoms with Gasteiger partial charge in [0.15, 0.2) is 0 Å². The van der Waals surface area contributed by atoms with Gasteiger partial charge >= 0.3 is 0 Å². The predicted molar refractivity (Wildman–Crippen MR) is 73.4 cm³/mol. The first-order valence-corrected chi connectivity index (χ1v) is 6.36. The summed E-state index contributed by atoms with van der Waals surface area (Å²) >= 11 is 12.0. The largest absolute Gasteiger partial charge is 0.211 e. The van der Waals surface area contributed by atoms with Crippen molar-refractivity contribution in [3.63, 3.8) is 0 Å². The molecule has 2 aromatic carbocycles. The zero-order valence-corrected chi connectivity index (χ0v) is 10.9. The van der Waals surface area contributed by atoms with Crippen molar-refractivity contribution in [3.8, 4) is 5.69 Å². The van der Waals surface area contributed by atoms with Crippen LogP contribution in [0.5, 0.6) is 0 Å². The highest BCUT2D eigenvalue weighted by molar-refractivity contribution is 6.32. The molecule has 5 heteroatoms. The van der Waals surface area contributed by atoms with Gasteiger partial charge in [-0.25, -0.2) is 4.68 Å². The third-order valence-electron chi connectivity index (χ3n) is 2.75. The SMILES string of the molecule is ClCc1ccc(-n2nnc3ccccc32)c(Cl)c1. The van der Waals surface area contributed by atoms with Crippen LogP contribution < -0.4 is 0 Å². The molecule has 0 fully saturated rings. The second kappa shape index (κ2) is 4.59. The number of alkyl halides is 1. The van der Waals surface area contributed by atoms with E-state index in [1.165, 1.54) is 0 Å². The fourth-order valence-electron chi connectivity index (χ4n) is 1.85. The second-order valence-corrected chi connectivity index (χ2v) is 4.58. The lowest BCUT2D eigenvalue weighted by atomic mass is 10.2. The Morgan fingerprint density at radius 1 is 1.11 bits per heavy atom. The molecule has 0 N–H and O–H groups in total. The molecule has 0 aliphatic rings. The van der Waals surface area contributed by atoms with Crippen LogP contribution in [0.25, 0.3) is 16.7 Å². The molecule has 3 aromatic rings. The Morgan fingerprint density at radius 2 is 1.94 bits per heavy atom. The number of aromatic nitrogens is 3. The van der Waals surface area contributed by atoms with E-state index >= 15 is 0 Å². The maximum atomic E-state index is 6.25. The van der Waals surface area contributed by atoms with Gasteiger partial charge in [0.2, 0.25) is 0 Å². The molecular weight excluding hydrogens is 269 g/mol. The lowest BCUT2D eigenvalue weighted by molar-refractivity contribution is 0.824. The van der Waals surface area contributed by atoms with Gasteiger partial charge < -0.3 is 0 Å². The minimum atomic E-state index is 0.443. The summed E-state index contributed by atoms with van der Waals surface area (Å²) in [6.45, 7) is 0. The first-order chi connectivity index (χ1) is 8.79. The molecule has 0 aliphatic heterocycles. The van der Waals surface area contributed by atoms with E-state index in [2.05, 4.69) is 10.3 Å². The van der Waals surface area contributed by atoms with Gasteiger partial charge in [-0.15, -0.1) is 16.7 Å². The summed E-state index contributed by atoms with van der Waals surface area (Å²) in [5, 5.41) is 8.85. The average molecular weight is 278 g/mol. The third kappa shape index (κ3) is 1.85. The van der Waals surface area contributed by atoms with Gasteiger partial charge in [-0.3, -0.25) is 0 Å². The van der Waals surface area contributed by atoms with E-state index in [4.69, 9.17) is 23.2 Å². The Hall–Kier alpha value is -1.58. The molecule has 0 saturated carbocycles. The highest BCUT2D eigenvalue weighted by Crippen LogP contribution is 2.24. The quantitative estimate of drug-likeness (QED) is 0.667. The summed E-state index contributed by atoms with van der Waals surface area (Å²) in [6, 6.07) is 13.4. The minimum absolute atomic E-state index is 0.443. The Bertz CT molecular complexity index is 706. The highest BCUT2D eigenvalue weighted by Gasteiger charge is 2.09.